The van der Waals surface area contributed by atoms with Crippen LogP contribution in [0.5, 0.6) is 5.75 Å². The number of hydrogen-bond donors (Lipinski definition) is 0. The van der Waals surface area contributed by atoms with E-state index in [1.54, 1.807) is 0 Å². The molecule has 0 spiro atoms. The highest BCUT2D eigenvalue weighted by Gasteiger charge is 2.33. The van der Waals surface area contributed by atoms with Gasteiger partial charge in [0.25, 0.3) is 0 Å². The average Bonchev–Trinajstić information content (AvgIpc) is 3.33. The highest BCUT2D eigenvalue weighted by Crippen LogP contribution is 2.31. The molecule has 1 aliphatic rings. The molecule has 1 aromatic heterocycles. The number of benzene rings is 2. The highest BCUT2D eigenvalue weighted by atomic mass is 16.5. The Labute approximate surface area is 191 Å². The number of unbranched alkanes of at least 4 members (excludes halogenated alkanes) is 2. The SMILES string of the molecule is CCCCN1C[C@H](c2nc3ccccc3n2CCCCOc2ccc(C)cc2C)CC1=O. The van der Waals surface area contributed by atoms with Crippen molar-refractivity contribution in [3.63, 3.8) is 0 Å². The van der Waals surface area contributed by atoms with E-state index in [1.165, 1.54) is 11.1 Å². The third-order valence-corrected chi connectivity index (χ3v) is 6.41. The minimum absolute atomic E-state index is 0.179. The van der Waals surface area contributed by atoms with Gasteiger partial charge in [-0.2, -0.15) is 0 Å². The third-order valence-electron chi connectivity index (χ3n) is 6.41. The van der Waals surface area contributed by atoms with Crippen LogP contribution >= 0.6 is 0 Å². The lowest BCUT2D eigenvalue weighted by atomic mass is 10.1. The lowest BCUT2D eigenvalue weighted by Crippen LogP contribution is -2.26. The van der Waals surface area contributed by atoms with E-state index in [0.717, 1.165) is 67.9 Å². The van der Waals surface area contributed by atoms with Gasteiger partial charge in [-0.05, 0) is 56.9 Å². The highest BCUT2D eigenvalue weighted by molar-refractivity contribution is 5.80. The zero-order chi connectivity index (χ0) is 22.5. The van der Waals surface area contributed by atoms with Crippen LogP contribution in [0.3, 0.4) is 0 Å². The maximum absolute atomic E-state index is 12.5. The van der Waals surface area contributed by atoms with Crippen molar-refractivity contribution >= 4 is 16.9 Å². The molecule has 1 fully saturated rings. The quantitative estimate of drug-likeness (QED) is 0.389. The van der Waals surface area contributed by atoms with Gasteiger partial charge in [0, 0.05) is 32.0 Å². The fourth-order valence-corrected chi connectivity index (χ4v) is 4.67. The molecule has 0 bridgehead atoms. The number of carbonyl (C=O) groups excluding carboxylic acids is 1. The molecule has 0 saturated carbocycles. The second-order valence-electron chi connectivity index (χ2n) is 9.03. The summed E-state index contributed by atoms with van der Waals surface area (Å²) in [7, 11) is 0. The standard InChI is InChI=1S/C27H35N3O2/c1-4-5-14-29-19-22(18-26(29)31)27-28-23-10-6-7-11-24(23)30(27)15-8-9-16-32-25-13-12-20(2)17-21(25)3/h6-7,10-13,17,22H,4-5,8-9,14-16,18-19H2,1-3H3/t22-/m1/s1. The van der Waals surface area contributed by atoms with E-state index in [1.807, 2.05) is 11.0 Å². The summed E-state index contributed by atoms with van der Waals surface area (Å²) < 4.78 is 8.36. The predicted molar refractivity (Wildman–Crippen MR) is 129 cm³/mol. The number of aromatic nitrogens is 2. The monoisotopic (exact) mass is 433 g/mol. The number of hydrogen-bond acceptors (Lipinski definition) is 3. The summed E-state index contributed by atoms with van der Waals surface area (Å²) in [5.74, 6) is 2.48. The number of fused-ring (bicyclic) bond motifs is 1. The minimum Gasteiger partial charge on any atom is -0.493 e. The van der Waals surface area contributed by atoms with Gasteiger partial charge in [-0.25, -0.2) is 4.98 Å². The van der Waals surface area contributed by atoms with Crippen molar-refractivity contribution in [1.29, 1.82) is 0 Å². The Bertz CT molecular complexity index is 1070. The topological polar surface area (TPSA) is 47.4 Å². The number of imidazole rings is 1. The van der Waals surface area contributed by atoms with Gasteiger partial charge in [-0.15, -0.1) is 0 Å². The predicted octanol–water partition coefficient (Wildman–Crippen LogP) is 5.63. The number of para-hydroxylation sites is 2. The molecule has 0 unspecified atom stereocenters. The zero-order valence-corrected chi connectivity index (χ0v) is 19.6. The van der Waals surface area contributed by atoms with Gasteiger partial charge >= 0.3 is 0 Å². The van der Waals surface area contributed by atoms with E-state index in [-0.39, 0.29) is 11.8 Å². The molecule has 2 aromatic carbocycles. The van der Waals surface area contributed by atoms with Gasteiger partial charge < -0.3 is 14.2 Å². The van der Waals surface area contributed by atoms with E-state index < -0.39 is 0 Å². The molecule has 1 aliphatic heterocycles. The summed E-state index contributed by atoms with van der Waals surface area (Å²) in [5.41, 5.74) is 4.63. The molecule has 1 atom stereocenters. The molecule has 1 saturated heterocycles. The first-order chi connectivity index (χ1) is 15.6. The molecule has 32 heavy (non-hydrogen) atoms. The molecule has 0 radical (unpaired) electrons. The van der Waals surface area contributed by atoms with Crippen molar-refractivity contribution in [1.82, 2.24) is 14.5 Å². The lowest BCUT2D eigenvalue weighted by Gasteiger charge is -2.17. The van der Waals surface area contributed by atoms with E-state index in [4.69, 9.17) is 9.72 Å². The molecule has 5 nitrogen and oxygen atoms in total. The van der Waals surface area contributed by atoms with E-state index in [9.17, 15) is 4.79 Å². The Kier molecular flexibility index (Phi) is 7.13. The third kappa shape index (κ3) is 4.98. The van der Waals surface area contributed by atoms with E-state index >= 15 is 0 Å². The van der Waals surface area contributed by atoms with Crippen LogP contribution in [0.15, 0.2) is 42.5 Å². The van der Waals surface area contributed by atoms with Crippen molar-refractivity contribution in [2.24, 2.45) is 0 Å². The molecule has 0 aliphatic carbocycles. The Morgan fingerprint density at radius 3 is 2.72 bits per heavy atom. The largest absolute Gasteiger partial charge is 0.493 e. The molecule has 2 heterocycles. The molecule has 5 heteroatoms. The van der Waals surface area contributed by atoms with Gasteiger partial charge in [0.1, 0.15) is 11.6 Å². The number of ether oxygens (including phenoxy) is 1. The Balaban J connectivity index is 1.41. The number of aryl methyl sites for hydroxylation is 3. The summed E-state index contributed by atoms with van der Waals surface area (Å²) in [4.78, 5) is 19.5. The number of nitrogens with zero attached hydrogens (tertiary/aromatic N) is 3. The molecule has 4 rings (SSSR count). The van der Waals surface area contributed by atoms with Crippen LogP contribution in [-0.4, -0.2) is 40.1 Å². The van der Waals surface area contributed by atoms with Crippen LogP contribution in [-0.2, 0) is 11.3 Å². The Hall–Kier alpha value is -2.82. The van der Waals surface area contributed by atoms with Gasteiger partial charge in [0.2, 0.25) is 5.91 Å². The minimum atomic E-state index is 0.179. The summed E-state index contributed by atoms with van der Waals surface area (Å²) in [6, 6.07) is 14.6. The number of rotatable bonds is 10. The number of amides is 1. The number of likely N-dealkylation sites (tertiary alicyclic amines) is 1. The maximum Gasteiger partial charge on any atom is 0.223 e. The van der Waals surface area contributed by atoms with Gasteiger partial charge in [0.15, 0.2) is 0 Å². The normalized spacial score (nSPS) is 16.3. The summed E-state index contributed by atoms with van der Waals surface area (Å²) in [6.45, 7) is 9.62. The van der Waals surface area contributed by atoms with Crippen LogP contribution in [0.4, 0.5) is 0 Å². The molecular weight excluding hydrogens is 398 g/mol. The molecular formula is C27H35N3O2. The van der Waals surface area contributed by atoms with Crippen molar-refractivity contribution in [2.75, 3.05) is 19.7 Å². The second-order valence-corrected chi connectivity index (χ2v) is 9.03. The van der Waals surface area contributed by atoms with Crippen LogP contribution in [0.2, 0.25) is 0 Å². The molecule has 0 N–H and O–H groups in total. The summed E-state index contributed by atoms with van der Waals surface area (Å²) in [6.07, 6.45) is 4.74. The van der Waals surface area contributed by atoms with Crippen LogP contribution in [0.1, 0.15) is 61.9 Å². The first-order valence-corrected chi connectivity index (χ1v) is 12.0. The smallest absolute Gasteiger partial charge is 0.223 e. The summed E-state index contributed by atoms with van der Waals surface area (Å²) >= 11 is 0. The molecule has 170 valence electrons. The first-order valence-electron chi connectivity index (χ1n) is 12.0. The maximum atomic E-state index is 12.5. The molecule has 1 amide bonds. The summed E-state index contributed by atoms with van der Waals surface area (Å²) in [5, 5.41) is 0. The fraction of sp³-hybridized carbons (Fsp3) is 0.481. The second kappa shape index (κ2) is 10.2. The van der Waals surface area contributed by atoms with Crippen LogP contribution in [0, 0.1) is 13.8 Å². The van der Waals surface area contributed by atoms with Gasteiger partial charge in [0.05, 0.1) is 17.6 Å². The Morgan fingerprint density at radius 1 is 1.06 bits per heavy atom. The van der Waals surface area contributed by atoms with E-state index in [2.05, 4.69) is 61.7 Å². The zero-order valence-electron chi connectivity index (χ0n) is 19.6. The fourth-order valence-electron chi connectivity index (χ4n) is 4.67. The van der Waals surface area contributed by atoms with Crippen LogP contribution < -0.4 is 4.74 Å². The van der Waals surface area contributed by atoms with E-state index in [0.29, 0.717) is 13.0 Å². The van der Waals surface area contributed by atoms with Crippen molar-refractivity contribution in [3.8, 4) is 5.75 Å². The van der Waals surface area contributed by atoms with Crippen molar-refractivity contribution < 1.29 is 9.53 Å². The first kappa shape index (κ1) is 22.4. The average molecular weight is 434 g/mol. The van der Waals surface area contributed by atoms with Gasteiger partial charge in [-0.1, -0.05) is 43.2 Å². The lowest BCUT2D eigenvalue weighted by molar-refractivity contribution is -0.127. The van der Waals surface area contributed by atoms with Crippen molar-refractivity contribution in [2.45, 2.75) is 65.3 Å². The van der Waals surface area contributed by atoms with Crippen LogP contribution in [0.25, 0.3) is 11.0 Å². The molecule has 3 aromatic rings. The van der Waals surface area contributed by atoms with Gasteiger partial charge in [-0.3, -0.25) is 4.79 Å². The Morgan fingerprint density at radius 2 is 1.91 bits per heavy atom. The number of carbonyl (C=O) groups is 1. The van der Waals surface area contributed by atoms with Crippen molar-refractivity contribution in [3.05, 3.63) is 59.4 Å².